The van der Waals surface area contributed by atoms with Crippen LogP contribution >= 0.6 is 0 Å². The van der Waals surface area contributed by atoms with Gasteiger partial charge in [-0.2, -0.15) is 13.8 Å². The van der Waals surface area contributed by atoms with Crippen LogP contribution < -0.4 is 20.3 Å². The van der Waals surface area contributed by atoms with E-state index in [1.807, 2.05) is 6.07 Å². The summed E-state index contributed by atoms with van der Waals surface area (Å²) < 4.78 is 35.8. The fourth-order valence-corrected chi connectivity index (χ4v) is 4.95. The van der Waals surface area contributed by atoms with Crippen LogP contribution in [0.15, 0.2) is 18.3 Å². The number of piperidine rings is 1. The summed E-state index contributed by atoms with van der Waals surface area (Å²) >= 11 is 0. The summed E-state index contributed by atoms with van der Waals surface area (Å²) in [6, 6.07) is 4.17. The lowest BCUT2D eigenvalue weighted by Crippen LogP contribution is -2.38. The van der Waals surface area contributed by atoms with Crippen molar-refractivity contribution < 1.29 is 18.3 Å². The monoisotopic (exact) mass is 416 g/mol. The highest BCUT2D eigenvalue weighted by Crippen LogP contribution is 2.46. The normalized spacial score (nSPS) is 29.0. The molecule has 10 heteroatoms. The zero-order valence-electron chi connectivity index (χ0n) is 16.2. The van der Waals surface area contributed by atoms with Crippen LogP contribution in [0.1, 0.15) is 19.3 Å². The number of nitrogens with two attached hydrogens (primary N) is 1. The third-order valence-corrected chi connectivity index (χ3v) is 6.57. The van der Waals surface area contributed by atoms with E-state index in [9.17, 15) is 8.78 Å². The van der Waals surface area contributed by atoms with Crippen molar-refractivity contribution in [1.82, 2.24) is 15.0 Å². The average molecular weight is 416 g/mol. The van der Waals surface area contributed by atoms with E-state index in [0.29, 0.717) is 35.9 Å². The van der Waals surface area contributed by atoms with Gasteiger partial charge in [0.05, 0.1) is 24.4 Å². The van der Waals surface area contributed by atoms with Crippen LogP contribution in [-0.2, 0) is 4.74 Å². The van der Waals surface area contributed by atoms with Crippen molar-refractivity contribution in [2.24, 2.45) is 5.92 Å². The van der Waals surface area contributed by atoms with Gasteiger partial charge in [0, 0.05) is 37.0 Å². The third-order valence-electron chi connectivity index (χ3n) is 6.57. The topological polar surface area (TPSA) is 89.6 Å². The Morgan fingerprint density at radius 1 is 1.20 bits per heavy atom. The second-order valence-electron chi connectivity index (χ2n) is 8.44. The molecule has 30 heavy (non-hydrogen) atoms. The predicted octanol–water partition coefficient (Wildman–Crippen LogP) is 2.30. The van der Waals surface area contributed by atoms with E-state index in [1.165, 1.54) is 18.7 Å². The zero-order chi connectivity index (χ0) is 20.4. The molecule has 1 aliphatic carbocycles. The number of pyridine rings is 1. The van der Waals surface area contributed by atoms with E-state index in [2.05, 4.69) is 19.5 Å². The molecule has 2 aromatic heterocycles. The Morgan fingerprint density at radius 2 is 2.10 bits per heavy atom. The Labute approximate surface area is 172 Å². The number of halogens is 2. The lowest BCUT2D eigenvalue weighted by Gasteiger charge is -2.29. The minimum absolute atomic E-state index is 0.0806. The maximum absolute atomic E-state index is 12.7. The number of nitrogens with zero attached hydrogens (tertiary/aromatic N) is 5. The summed E-state index contributed by atoms with van der Waals surface area (Å²) in [6.45, 7) is -0.541. The minimum atomic E-state index is -2.97. The van der Waals surface area contributed by atoms with Crippen molar-refractivity contribution in [1.29, 1.82) is 0 Å². The highest BCUT2D eigenvalue weighted by molar-refractivity contribution is 5.68. The van der Waals surface area contributed by atoms with Gasteiger partial charge in [0.25, 0.3) is 0 Å². The molecule has 5 heterocycles. The first kappa shape index (κ1) is 18.1. The summed E-state index contributed by atoms with van der Waals surface area (Å²) in [5.41, 5.74) is 6.89. The van der Waals surface area contributed by atoms with Gasteiger partial charge < -0.3 is 25.0 Å². The highest BCUT2D eigenvalue weighted by atomic mass is 19.3. The number of nitrogen functional groups attached to an aromatic ring is 1. The number of morpholine rings is 1. The zero-order valence-corrected chi connectivity index (χ0v) is 16.2. The van der Waals surface area contributed by atoms with Gasteiger partial charge in [-0.25, -0.2) is 9.97 Å². The van der Waals surface area contributed by atoms with Crippen molar-refractivity contribution in [2.45, 2.75) is 44.1 Å². The average Bonchev–Trinajstić information content (AvgIpc) is 3.10. The number of fused-ring (bicyclic) bond motifs is 3. The van der Waals surface area contributed by atoms with Crippen molar-refractivity contribution in [3.05, 3.63) is 18.3 Å². The number of anilines is 3. The largest absolute Gasteiger partial charge is 0.431 e. The number of alkyl halides is 2. The van der Waals surface area contributed by atoms with E-state index >= 15 is 0 Å². The molecule has 2 N–H and O–H groups in total. The molecule has 4 aliphatic rings. The number of hydrogen-bond donors (Lipinski definition) is 1. The molecule has 0 spiro atoms. The smallest absolute Gasteiger partial charge is 0.387 e. The molecule has 3 saturated heterocycles. The minimum Gasteiger partial charge on any atom is -0.431 e. The molecular formula is C20H22F2N6O2. The molecule has 8 nitrogen and oxygen atoms in total. The number of hydrogen-bond acceptors (Lipinski definition) is 8. The van der Waals surface area contributed by atoms with Gasteiger partial charge in [-0.3, -0.25) is 0 Å². The van der Waals surface area contributed by atoms with E-state index in [1.54, 1.807) is 0 Å². The predicted molar refractivity (Wildman–Crippen MR) is 106 cm³/mol. The number of rotatable bonds is 5. The van der Waals surface area contributed by atoms with Crippen LogP contribution in [0.25, 0.3) is 11.3 Å². The van der Waals surface area contributed by atoms with E-state index in [0.717, 1.165) is 37.7 Å². The molecule has 0 aromatic carbocycles. The first-order valence-corrected chi connectivity index (χ1v) is 10.3. The fraction of sp³-hybridized carbons (Fsp3) is 0.550. The Kier molecular flexibility index (Phi) is 3.99. The Hall–Kier alpha value is -2.75. The van der Waals surface area contributed by atoms with Crippen LogP contribution in [-0.4, -0.2) is 59.4 Å². The van der Waals surface area contributed by atoms with Gasteiger partial charge in [0.2, 0.25) is 5.95 Å². The molecule has 2 bridgehead atoms. The van der Waals surface area contributed by atoms with Gasteiger partial charge >= 0.3 is 6.61 Å². The molecule has 0 amide bonds. The Balaban J connectivity index is 1.41. The summed E-state index contributed by atoms with van der Waals surface area (Å²) in [5, 5.41) is 0. The highest BCUT2D eigenvalue weighted by Gasteiger charge is 2.48. The van der Waals surface area contributed by atoms with E-state index < -0.39 is 6.61 Å². The van der Waals surface area contributed by atoms with Gasteiger partial charge in [-0.1, -0.05) is 0 Å². The summed E-state index contributed by atoms with van der Waals surface area (Å²) in [5.74, 6) is 2.03. The molecule has 3 aliphatic heterocycles. The molecule has 4 fully saturated rings. The third kappa shape index (κ3) is 3.01. The molecular weight excluding hydrogens is 394 g/mol. The maximum atomic E-state index is 12.7. The van der Waals surface area contributed by atoms with Gasteiger partial charge in [-0.15, -0.1) is 0 Å². The van der Waals surface area contributed by atoms with Gasteiger partial charge in [-0.05, 0) is 31.2 Å². The van der Waals surface area contributed by atoms with Crippen LogP contribution in [0.2, 0.25) is 0 Å². The number of aromatic nitrogens is 3. The van der Waals surface area contributed by atoms with Crippen molar-refractivity contribution >= 4 is 17.6 Å². The molecule has 6 rings (SSSR count). The first-order chi connectivity index (χ1) is 14.5. The summed E-state index contributed by atoms with van der Waals surface area (Å²) in [6.07, 6.45) is 5.11. The molecule has 2 unspecified atom stereocenters. The Morgan fingerprint density at radius 3 is 2.77 bits per heavy atom. The van der Waals surface area contributed by atoms with Crippen LogP contribution in [0, 0.1) is 5.92 Å². The lowest BCUT2D eigenvalue weighted by molar-refractivity contribution is -0.0494. The number of ether oxygens (including phenoxy) is 2. The van der Waals surface area contributed by atoms with E-state index in [4.69, 9.17) is 20.4 Å². The van der Waals surface area contributed by atoms with Gasteiger partial charge in [0.15, 0.2) is 11.6 Å². The van der Waals surface area contributed by atoms with Crippen LogP contribution in [0.5, 0.6) is 5.75 Å². The van der Waals surface area contributed by atoms with Crippen LogP contribution in [0.3, 0.4) is 0 Å². The van der Waals surface area contributed by atoms with Crippen molar-refractivity contribution in [2.75, 3.05) is 35.2 Å². The summed E-state index contributed by atoms with van der Waals surface area (Å²) in [4.78, 5) is 18.2. The second-order valence-corrected chi connectivity index (χ2v) is 8.44. The standard InChI is InChI=1S/C20H22F2N6O2/c21-19(22)30-16-4-11(7-24-18(16)23)14-6-17(28-8-13-5-12(28)9-29-13)26-20(25-14)27-2-1-10-3-15(10)27/h4,6-7,10,12-13,15,19H,1-3,5,8-9H2,(H2,23,24)/t10?,12-,13-,15?/m0/s1. The Bertz CT molecular complexity index is 992. The lowest BCUT2D eigenvalue weighted by atomic mass is 10.2. The first-order valence-electron chi connectivity index (χ1n) is 10.3. The molecule has 2 aromatic rings. The quantitative estimate of drug-likeness (QED) is 0.794. The fourth-order valence-electron chi connectivity index (χ4n) is 4.95. The maximum Gasteiger partial charge on any atom is 0.387 e. The second kappa shape index (κ2) is 6.63. The van der Waals surface area contributed by atoms with Crippen LogP contribution in [0.4, 0.5) is 26.4 Å². The van der Waals surface area contributed by atoms with E-state index in [-0.39, 0.29) is 17.7 Å². The van der Waals surface area contributed by atoms with Crippen molar-refractivity contribution in [3.63, 3.8) is 0 Å². The van der Waals surface area contributed by atoms with Crippen molar-refractivity contribution in [3.8, 4) is 17.0 Å². The summed E-state index contributed by atoms with van der Waals surface area (Å²) in [7, 11) is 0. The molecule has 1 saturated carbocycles. The molecule has 4 atom stereocenters. The SMILES string of the molecule is Nc1ncc(-c2cc(N3C[C@@H]4C[C@H]3CO4)nc(N3CCC4CC43)n2)cc1OC(F)F. The molecule has 0 radical (unpaired) electrons. The molecule has 158 valence electrons. The van der Waals surface area contributed by atoms with Gasteiger partial charge in [0.1, 0.15) is 5.82 Å².